The van der Waals surface area contributed by atoms with Gasteiger partial charge in [-0.25, -0.2) is 17.8 Å². The van der Waals surface area contributed by atoms with E-state index in [1.807, 2.05) is 0 Å². The molecule has 0 aliphatic carbocycles. The maximum absolute atomic E-state index is 11.9. The Morgan fingerprint density at radius 3 is 2.83 bits per heavy atom. The van der Waals surface area contributed by atoms with Crippen LogP contribution in [0.1, 0.15) is 12.8 Å². The number of aryl methyl sites for hydroxylation is 1. The van der Waals surface area contributed by atoms with Crippen LogP contribution in [0.4, 0.5) is 0 Å². The van der Waals surface area contributed by atoms with Crippen LogP contribution in [0.2, 0.25) is 0 Å². The van der Waals surface area contributed by atoms with Crippen LogP contribution in [-0.4, -0.2) is 36.5 Å². The summed E-state index contributed by atoms with van der Waals surface area (Å²) in [6.07, 6.45) is 1.21. The molecule has 0 fully saturated rings. The Kier molecular flexibility index (Phi) is 5.54. The molecule has 1 aromatic heterocycles. The van der Waals surface area contributed by atoms with Crippen LogP contribution in [0, 0.1) is 0 Å². The molecule has 0 aliphatic rings. The molecular formula is C7H12BrN7O2S. The summed E-state index contributed by atoms with van der Waals surface area (Å²) in [6, 6.07) is 0. The van der Waals surface area contributed by atoms with Crippen molar-refractivity contribution in [2.75, 3.05) is 13.1 Å². The van der Waals surface area contributed by atoms with Gasteiger partial charge in [-0.3, -0.25) is 0 Å². The van der Waals surface area contributed by atoms with Crippen molar-refractivity contribution in [2.24, 2.45) is 12.2 Å². The first-order chi connectivity index (χ1) is 8.49. The van der Waals surface area contributed by atoms with Gasteiger partial charge in [0.05, 0.1) is 0 Å². The molecule has 0 spiro atoms. The van der Waals surface area contributed by atoms with Crippen molar-refractivity contribution in [2.45, 2.75) is 17.9 Å². The lowest BCUT2D eigenvalue weighted by atomic mass is 10.3. The summed E-state index contributed by atoms with van der Waals surface area (Å²) >= 11 is 3.03. The number of azide groups is 1. The monoisotopic (exact) mass is 337 g/mol. The molecular weight excluding hydrogens is 326 g/mol. The fourth-order valence-corrected chi connectivity index (χ4v) is 3.40. The Bertz CT molecular complexity index is 529. The van der Waals surface area contributed by atoms with Gasteiger partial charge in [0.25, 0.3) is 10.0 Å². The summed E-state index contributed by atoms with van der Waals surface area (Å²) in [5, 5.41) is 10.5. The highest BCUT2D eigenvalue weighted by molar-refractivity contribution is 9.10. The summed E-state index contributed by atoms with van der Waals surface area (Å²) in [4.78, 5) is 2.61. The minimum Gasteiger partial charge on any atom is -0.235 e. The van der Waals surface area contributed by atoms with Crippen LogP contribution in [-0.2, 0) is 17.1 Å². The lowest BCUT2D eigenvalue weighted by Crippen LogP contribution is -2.27. The molecule has 0 aromatic carbocycles. The van der Waals surface area contributed by atoms with Crippen molar-refractivity contribution < 1.29 is 8.42 Å². The normalized spacial score (nSPS) is 11.2. The van der Waals surface area contributed by atoms with Crippen LogP contribution in [0.3, 0.4) is 0 Å². The van der Waals surface area contributed by atoms with E-state index in [2.05, 4.69) is 41.0 Å². The summed E-state index contributed by atoms with van der Waals surface area (Å²) in [7, 11) is -2.14. The summed E-state index contributed by atoms with van der Waals surface area (Å²) in [5.41, 5.74) is 8.06. The van der Waals surface area contributed by atoms with Gasteiger partial charge in [-0.05, 0) is 34.3 Å². The van der Waals surface area contributed by atoms with Gasteiger partial charge in [-0.2, -0.15) is 0 Å². The van der Waals surface area contributed by atoms with Gasteiger partial charge in [0.1, 0.15) is 0 Å². The van der Waals surface area contributed by atoms with Gasteiger partial charge < -0.3 is 0 Å². The zero-order valence-corrected chi connectivity index (χ0v) is 12.0. The minimum atomic E-state index is -3.63. The second-order valence-electron chi connectivity index (χ2n) is 3.37. The number of rotatable bonds is 7. The van der Waals surface area contributed by atoms with Gasteiger partial charge in [-0.1, -0.05) is 10.3 Å². The maximum Gasteiger partial charge on any atom is 0.260 e. The second kappa shape index (κ2) is 6.69. The maximum atomic E-state index is 11.9. The molecule has 0 unspecified atom stereocenters. The molecule has 1 aromatic rings. The number of nitrogens with one attached hydrogen (secondary N) is 1. The number of nitrogens with zero attached hydrogens (tertiary/aromatic N) is 6. The SMILES string of the molecule is Cn1nnc(Br)c1S(=O)(=O)NCCCCN=[N+]=[N-]. The first kappa shape index (κ1) is 14.9. The predicted molar refractivity (Wildman–Crippen MR) is 67.1 cm³/mol. The van der Waals surface area contributed by atoms with Gasteiger partial charge >= 0.3 is 0 Å². The van der Waals surface area contributed by atoms with Crippen LogP contribution < -0.4 is 4.72 Å². The van der Waals surface area contributed by atoms with Crippen LogP contribution in [0.5, 0.6) is 0 Å². The highest BCUT2D eigenvalue weighted by atomic mass is 79.9. The van der Waals surface area contributed by atoms with Crippen LogP contribution in [0.15, 0.2) is 14.7 Å². The zero-order valence-electron chi connectivity index (χ0n) is 9.61. The van der Waals surface area contributed by atoms with Gasteiger partial charge in [-0.15, -0.1) is 5.10 Å². The average Bonchev–Trinajstić information content (AvgIpc) is 2.64. The fraction of sp³-hybridized carbons (Fsp3) is 0.714. The molecule has 0 aliphatic heterocycles. The topological polar surface area (TPSA) is 126 Å². The summed E-state index contributed by atoms with van der Waals surface area (Å²) in [6.45, 7) is 0.621. The van der Waals surface area contributed by atoms with Crippen molar-refractivity contribution in [3.05, 3.63) is 15.0 Å². The second-order valence-corrected chi connectivity index (χ2v) is 5.80. The molecule has 1 heterocycles. The van der Waals surface area contributed by atoms with Crippen molar-refractivity contribution in [1.82, 2.24) is 19.7 Å². The fourth-order valence-electron chi connectivity index (χ4n) is 1.24. The highest BCUT2D eigenvalue weighted by Gasteiger charge is 2.22. The van der Waals surface area contributed by atoms with E-state index in [4.69, 9.17) is 5.53 Å². The molecule has 1 N–H and O–H groups in total. The van der Waals surface area contributed by atoms with E-state index in [0.717, 1.165) is 0 Å². The van der Waals surface area contributed by atoms with E-state index in [1.165, 1.54) is 11.7 Å². The molecule has 0 bridgehead atoms. The van der Waals surface area contributed by atoms with E-state index in [0.29, 0.717) is 19.4 Å². The number of hydrogen-bond acceptors (Lipinski definition) is 5. The van der Waals surface area contributed by atoms with E-state index in [1.54, 1.807) is 0 Å². The van der Waals surface area contributed by atoms with E-state index >= 15 is 0 Å². The minimum absolute atomic E-state index is 0.0162. The first-order valence-electron chi connectivity index (χ1n) is 5.04. The largest absolute Gasteiger partial charge is 0.260 e. The predicted octanol–water partition coefficient (Wildman–Crippen LogP) is 0.946. The molecule has 100 valence electrons. The molecule has 0 saturated carbocycles. The molecule has 18 heavy (non-hydrogen) atoms. The van der Waals surface area contributed by atoms with Gasteiger partial charge in [0.15, 0.2) is 4.60 Å². The third-order valence-electron chi connectivity index (χ3n) is 2.03. The van der Waals surface area contributed by atoms with E-state index in [9.17, 15) is 8.42 Å². The summed E-state index contributed by atoms with van der Waals surface area (Å²) < 4.78 is 27.6. The quantitative estimate of drug-likeness (QED) is 0.344. The number of halogens is 1. The smallest absolute Gasteiger partial charge is 0.235 e. The Morgan fingerprint density at radius 2 is 2.28 bits per heavy atom. The molecule has 0 saturated heterocycles. The number of unbranched alkanes of at least 4 members (excludes halogenated alkanes) is 1. The first-order valence-corrected chi connectivity index (χ1v) is 7.32. The van der Waals surface area contributed by atoms with Crippen LogP contribution in [0.25, 0.3) is 10.4 Å². The van der Waals surface area contributed by atoms with Crippen molar-refractivity contribution in [3.8, 4) is 0 Å². The van der Waals surface area contributed by atoms with Crippen molar-refractivity contribution in [1.29, 1.82) is 0 Å². The van der Waals surface area contributed by atoms with E-state index < -0.39 is 10.0 Å². The highest BCUT2D eigenvalue weighted by Crippen LogP contribution is 2.17. The lowest BCUT2D eigenvalue weighted by Gasteiger charge is -2.05. The number of sulfonamides is 1. The Balaban J connectivity index is 2.53. The number of aromatic nitrogens is 3. The third-order valence-corrected chi connectivity index (χ3v) is 4.38. The summed E-state index contributed by atoms with van der Waals surface area (Å²) in [5.74, 6) is 0. The molecule has 0 amide bonds. The van der Waals surface area contributed by atoms with Gasteiger partial charge in [0.2, 0.25) is 5.03 Å². The molecule has 11 heteroatoms. The molecule has 0 atom stereocenters. The molecule has 1 rings (SSSR count). The van der Waals surface area contributed by atoms with Crippen molar-refractivity contribution in [3.63, 3.8) is 0 Å². The lowest BCUT2D eigenvalue weighted by molar-refractivity contribution is 0.557. The van der Waals surface area contributed by atoms with E-state index in [-0.39, 0.29) is 16.2 Å². The Morgan fingerprint density at radius 1 is 1.56 bits per heavy atom. The van der Waals surface area contributed by atoms with Gasteiger partial charge in [0, 0.05) is 25.0 Å². The van der Waals surface area contributed by atoms with Crippen molar-refractivity contribution >= 4 is 26.0 Å². The third kappa shape index (κ3) is 3.95. The molecule has 0 radical (unpaired) electrons. The van der Waals surface area contributed by atoms with Crippen LogP contribution >= 0.6 is 15.9 Å². The zero-order chi connectivity index (χ0) is 13.6. The standard InChI is InChI=1S/C7H12BrN7O2S/c1-15-7(6(8)12-14-15)18(16,17)11-5-3-2-4-10-13-9/h11H,2-5H2,1H3. The Hall–Kier alpha value is -1.16. The molecule has 9 nitrogen and oxygen atoms in total. The average molecular weight is 338 g/mol. The Labute approximate surface area is 112 Å². The number of hydrogen-bond donors (Lipinski definition) is 1.